The second-order valence-corrected chi connectivity index (χ2v) is 6.16. The van der Waals surface area contributed by atoms with Crippen LogP contribution < -0.4 is 5.32 Å². The molecule has 0 unspecified atom stereocenters. The van der Waals surface area contributed by atoms with Gasteiger partial charge in [-0.1, -0.05) is 43.9 Å². The van der Waals surface area contributed by atoms with Gasteiger partial charge in [-0.2, -0.15) is 0 Å². The Morgan fingerprint density at radius 1 is 1.00 bits per heavy atom. The summed E-state index contributed by atoms with van der Waals surface area (Å²) in [7, 11) is 0. The lowest BCUT2D eigenvalue weighted by molar-refractivity contribution is 0.0647. The lowest BCUT2D eigenvalue weighted by Gasteiger charge is -2.48. The third-order valence-corrected chi connectivity index (χ3v) is 5.03. The average molecular weight is 257 g/mol. The summed E-state index contributed by atoms with van der Waals surface area (Å²) in [5, 5.41) is 3.41. The predicted octanol–water partition coefficient (Wildman–Crippen LogP) is 3.92. The van der Waals surface area contributed by atoms with Gasteiger partial charge in [-0.05, 0) is 43.7 Å². The number of fused-ring (bicyclic) bond motifs is 1. The zero-order valence-corrected chi connectivity index (χ0v) is 11.5. The van der Waals surface area contributed by atoms with Crippen LogP contribution in [0.2, 0.25) is 0 Å². The molecule has 2 heteroatoms. The molecule has 2 fully saturated rings. The van der Waals surface area contributed by atoms with Gasteiger partial charge in [0.05, 0.1) is 0 Å². The molecule has 2 nitrogen and oxygen atoms in total. The Hall–Kier alpha value is -1.31. The summed E-state index contributed by atoms with van der Waals surface area (Å²) in [6, 6.07) is 9.65. The van der Waals surface area contributed by atoms with Crippen LogP contribution in [0.4, 0.5) is 0 Å². The highest BCUT2D eigenvalue weighted by Gasteiger charge is 2.43. The molecule has 0 spiro atoms. The van der Waals surface area contributed by atoms with Gasteiger partial charge in [-0.15, -0.1) is 0 Å². The third-order valence-electron chi connectivity index (χ3n) is 5.03. The minimum atomic E-state index is 0.101. The Morgan fingerprint density at radius 2 is 1.63 bits per heavy atom. The first-order valence-corrected chi connectivity index (χ1v) is 7.68. The maximum absolute atomic E-state index is 12.5. The fourth-order valence-electron chi connectivity index (χ4n) is 4.01. The van der Waals surface area contributed by atoms with Crippen LogP contribution in [-0.4, -0.2) is 11.4 Å². The number of benzene rings is 1. The number of nitrogens with one attached hydrogen (secondary N) is 1. The molecule has 1 N–H and O–H groups in total. The minimum absolute atomic E-state index is 0.101. The van der Waals surface area contributed by atoms with Gasteiger partial charge in [0.2, 0.25) is 0 Å². The fraction of sp³-hybridized carbons (Fsp3) is 0.588. The average Bonchev–Trinajstić information content (AvgIpc) is 2.48. The Morgan fingerprint density at radius 3 is 2.26 bits per heavy atom. The molecule has 3 rings (SSSR count). The lowest BCUT2D eigenvalue weighted by atomic mass is 9.65. The Bertz CT molecular complexity index is 428. The van der Waals surface area contributed by atoms with E-state index in [2.05, 4.69) is 5.32 Å². The second-order valence-electron chi connectivity index (χ2n) is 6.16. The van der Waals surface area contributed by atoms with Gasteiger partial charge >= 0.3 is 0 Å². The van der Waals surface area contributed by atoms with Gasteiger partial charge in [0.25, 0.3) is 5.91 Å². The molecule has 2 aliphatic carbocycles. The zero-order chi connectivity index (χ0) is 13.1. The van der Waals surface area contributed by atoms with E-state index in [0.717, 1.165) is 5.56 Å². The van der Waals surface area contributed by atoms with Gasteiger partial charge in [0.1, 0.15) is 0 Å². The smallest absolute Gasteiger partial charge is 0.251 e. The molecule has 0 radical (unpaired) electrons. The number of carbonyl (C=O) groups is 1. The highest BCUT2D eigenvalue weighted by molar-refractivity contribution is 5.94. The fourth-order valence-corrected chi connectivity index (χ4v) is 4.01. The number of carbonyl (C=O) groups excluding carboxylic acids is 1. The van der Waals surface area contributed by atoms with E-state index in [1.54, 1.807) is 0 Å². The molecule has 1 aromatic rings. The summed E-state index contributed by atoms with van der Waals surface area (Å²) >= 11 is 0. The minimum Gasteiger partial charge on any atom is -0.346 e. The molecule has 102 valence electrons. The van der Waals surface area contributed by atoms with E-state index in [1.165, 1.54) is 51.4 Å². The van der Waals surface area contributed by atoms with E-state index >= 15 is 0 Å². The molecular weight excluding hydrogens is 234 g/mol. The van der Waals surface area contributed by atoms with Crippen molar-refractivity contribution in [1.29, 1.82) is 0 Å². The van der Waals surface area contributed by atoms with Crippen LogP contribution in [0.3, 0.4) is 0 Å². The van der Waals surface area contributed by atoms with Gasteiger partial charge in [0, 0.05) is 11.1 Å². The molecular formula is C17H23NO. The number of hydrogen-bond acceptors (Lipinski definition) is 1. The topological polar surface area (TPSA) is 29.1 Å². The van der Waals surface area contributed by atoms with Crippen molar-refractivity contribution in [3.8, 4) is 0 Å². The first-order valence-electron chi connectivity index (χ1n) is 7.68. The van der Waals surface area contributed by atoms with Crippen LogP contribution in [0.5, 0.6) is 0 Å². The van der Waals surface area contributed by atoms with E-state index < -0.39 is 0 Å². The Labute approximate surface area is 115 Å². The van der Waals surface area contributed by atoms with E-state index in [1.807, 2.05) is 30.3 Å². The molecule has 0 aromatic heterocycles. The monoisotopic (exact) mass is 257 g/mol. The van der Waals surface area contributed by atoms with Crippen molar-refractivity contribution in [2.75, 3.05) is 0 Å². The predicted molar refractivity (Wildman–Crippen MR) is 77.1 cm³/mol. The molecule has 0 heterocycles. The molecule has 0 bridgehead atoms. The van der Waals surface area contributed by atoms with Crippen molar-refractivity contribution in [2.24, 2.45) is 5.92 Å². The largest absolute Gasteiger partial charge is 0.346 e. The van der Waals surface area contributed by atoms with Gasteiger partial charge in [-0.3, -0.25) is 4.79 Å². The van der Waals surface area contributed by atoms with Crippen LogP contribution >= 0.6 is 0 Å². The van der Waals surface area contributed by atoms with Crippen molar-refractivity contribution in [1.82, 2.24) is 5.32 Å². The SMILES string of the molecule is O=C(NC12CCCCC1CCCC2)c1ccccc1. The van der Waals surface area contributed by atoms with E-state index in [4.69, 9.17) is 0 Å². The summed E-state index contributed by atoms with van der Waals surface area (Å²) in [5.41, 5.74) is 0.899. The van der Waals surface area contributed by atoms with E-state index in [-0.39, 0.29) is 11.4 Å². The maximum atomic E-state index is 12.5. The standard InChI is InChI=1S/C17H23NO/c19-16(14-8-2-1-3-9-14)18-17-12-6-4-10-15(17)11-5-7-13-17/h1-3,8-9,15H,4-7,10-13H2,(H,18,19). The summed E-state index contributed by atoms with van der Waals surface area (Å²) in [6.45, 7) is 0. The van der Waals surface area contributed by atoms with Gasteiger partial charge in [-0.25, -0.2) is 0 Å². The molecule has 1 aromatic carbocycles. The highest BCUT2D eigenvalue weighted by Crippen LogP contribution is 2.43. The molecule has 1 amide bonds. The van der Waals surface area contributed by atoms with E-state index in [0.29, 0.717) is 5.92 Å². The zero-order valence-electron chi connectivity index (χ0n) is 11.5. The summed E-state index contributed by atoms with van der Waals surface area (Å²) in [4.78, 5) is 12.5. The normalized spacial score (nSPS) is 30.4. The summed E-state index contributed by atoms with van der Waals surface area (Å²) in [5.74, 6) is 0.831. The first-order chi connectivity index (χ1) is 9.30. The van der Waals surface area contributed by atoms with Crippen LogP contribution in [0.15, 0.2) is 30.3 Å². The van der Waals surface area contributed by atoms with Crippen molar-refractivity contribution < 1.29 is 4.79 Å². The van der Waals surface area contributed by atoms with Crippen LogP contribution in [0, 0.1) is 5.92 Å². The first kappa shape index (κ1) is 12.7. The molecule has 0 aliphatic heterocycles. The van der Waals surface area contributed by atoms with E-state index in [9.17, 15) is 4.79 Å². The molecule has 2 aliphatic rings. The summed E-state index contributed by atoms with van der Waals surface area (Å²) in [6.07, 6.45) is 10.2. The van der Waals surface area contributed by atoms with Crippen molar-refractivity contribution in [3.05, 3.63) is 35.9 Å². The van der Waals surface area contributed by atoms with Crippen LogP contribution in [0.25, 0.3) is 0 Å². The molecule has 19 heavy (non-hydrogen) atoms. The van der Waals surface area contributed by atoms with Gasteiger partial charge < -0.3 is 5.32 Å². The Kier molecular flexibility index (Phi) is 3.58. The van der Waals surface area contributed by atoms with Crippen molar-refractivity contribution >= 4 is 5.91 Å². The quantitative estimate of drug-likeness (QED) is 0.855. The molecule has 2 saturated carbocycles. The van der Waals surface area contributed by atoms with Crippen molar-refractivity contribution in [2.45, 2.75) is 56.9 Å². The Balaban J connectivity index is 1.78. The maximum Gasteiger partial charge on any atom is 0.251 e. The molecule has 0 saturated heterocycles. The van der Waals surface area contributed by atoms with Crippen molar-refractivity contribution in [3.63, 3.8) is 0 Å². The summed E-state index contributed by atoms with van der Waals surface area (Å²) < 4.78 is 0. The lowest BCUT2D eigenvalue weighted by Crippen LogP contribution is -2.56. The van der Waals surface area contributed by atoms with Crippen LogP contribution in [-0.2, 0) is 0 Å². The number of rotatable bonds is 2. The highest BCUT2D eigenvalue weighted by atomic mass is 16.1. The third kappa shape index (κ3) is 2.54. The number of hydrogen-bond donors (Lipinski definition) is 1. The van der Waals surface area contributed by atoms with Crippen LogP contribution in [0.1, 0.15) is 61.7 Å². The second kappa shape index (κ2) is 5.36. The molecule has 0 atom stereocenters. The number of amides is 1. The van der Waals surface area contributed by atoms with Gasteiger partial charge in [0.15, 0.2) is 0 Å².